The Hall–Kier alpha value is -2.16. The van der Waals surface area contributed by atoms with Gasteiger partial charge in [-0.1, -0.05) is 23.7 Å². The lowest BCUT2D eigenvalue weighted by Gasteiger charge is -2.23. The van der Waals surface area contributed by atoms with E-state index < -0.39 is 15.8 Å². The second-order valence-corrected chi connectivity index (χ2v) is 8.56. The zero-order valence-electron chi connectivity index (χ0n) is 14.2. The molecule has 6 nitrogen and oxygen atoms in total. The van der Waals surface area contributed by atoms with Gasteiger partial charge in [0.1, 0.15) is 11.3 Å². The van der Waals surface area contributed by atoms with Crippen LogP contribution in [-0.4, -0.2) is 32.5 Å². The summed E-state index contributed by atoms with van der Waals surface area (Å²) < 4.78 is 46.6. The second-order valence-electron chi connectivity index (χ2n) is 6.38. The van der Waals surface area contributed by atoms with Gasteiger partial charge in [0.15, 0.2) is 5.58 Å². The molecule has 0 bridgehead atoms. The standard InChI is InChI=1S/C18H17ClFN3O3S/c19-14-10-13(7-8-15(14)20)27(24,25)21-11-12-4-3-9-23(12)18-22-16-5-1-2-6-17(16)26-18/h1-2,5-8,10,12,21H,3-4,9,11H2. The number of nitrogens with zero attached hydrogens (tertiary/aromatic N) is 2. The lowest BCUT2D eigenvalue weighted by atomic mass is 10.2. The van der Waals surface area contributed by atoms with Crippen LogP contribution in [0.3, 0.4) is 0 Å². The molecule has 142 valence electrons. The summed E-state index contributed by atoms with van der Waals surface area (Å²) in [5.74, 6) is -0.659. The average Bonchev–Trinajstić information content (AvgIpc) is 3.28. The number of oxazole rings is 1. The highest BCUT2D eigenvalue weighted by atomic mass is 35.5. The highest BCUT2D eigenvalue weighted by Gasteiger charge is 2.30. The Kier molecular flexibility index (Phi) is 4.79. The van der Waals surface area contributed by atoms with Crippen LogP contribution in [0, 0.1) is 5.82 Å². The van der Waals surface area contributed by atoms with Gasteiger partial charge >= 0.3 is 0 Å². The Balaban J connectivity index is 1.50. The van der Waals surface area contributed by atoms with E-state index in [0.29, 0.717) is 11.6 Å². The molecule has 0 saturated carbocycles. The van der Waals surface area contributed by atoms with Crippen LogP contribution in [0.1, 0.15) is 12.8 Å². The van der Waals surface area contributed by atoms with E-state index in [1.165, 1.54) is 6.07 Å². The van der Waals surface area contributed by atoms with Crippen LogP contribution in [-0.2, 0) is 10.0 Å². The molecule has 1 unspecified atom stereocenters. The molecule has 0 radical (unpaired) electrons. The van der Waals surface area contributed by atoms with Crippen molar-refractivity contribution in [3.63, 3.8) is 0 Å². The van der Waals surface area contributed by atoms with Gasteiger partial charge in [0, 0.05) is 19.1 Å². The van der Waals surface area contributed by atoms with Gasteiger partial charge in [-0.3, -0.25) is 0 Å². The molecule has 1 aliphatic heterocycles. The number of para-hydroxylation sites is 2. The lowest BCUT2D eigenvalue weighted by Crippen LogP contribution is -2.40. The first-order valence-electron chi connectivity index (χ1n) is 8.51. The van der Waals surface area contributed by atoms with Crippen molar-refractivity contribution in [2.45, 2.75) is 23.8 Å². The average molecular weight is 410 g/mol. The van der Waals surface area contributed by atoms with Crippen LogP contribution in [0.2, 0.25) is 5.02 Å². The van der Waals surface area contributed by atoms with Crippen LogP contribution in [0.5, 0.6) is 0 Å². The summed E-state index contributed by atoms with van der Waals surface area (Å²) >= 11 is 5.69. The van der Waals surface area contributed by atoms with Gasteiger partial charge in [0.25, 0.3) is 6.01 Å². The van der Waals surface area contributed by atoms with E-state index >= 15 is 0 Å². The van der Waals surface area contributed by atoms with Gasteiger partial charge in [0.05, 0.1) is 9.92 Å². The monoisotopic (exact) mass is 409 g/mol. The Morgan fingerprint density at radius 1 is 1.30 bits per heavy atom. The van der Waals surface area contributed by atoms with E-state index in [4.69, 9.17) is 16.0 Å². The Morgan fingerprint density at radius 2 is 2.11 bits per heavy atom. The summed E-state index contributed by atoms with van der Waals surface area (Å²) in [7, 11) is -3.80. The van der Waals surface area contributed by atoms with E-state index in [0.717, 1.165) is 37.0 Å². The Labute approximate surface area is 161 Å². The highest BCUT2D eigenvalue weighted by Crippen LogP contribution is 2.28. The smallest absolute Gasteiger partial charge is 0.298 e. The molecule has 9 heteroatoms. The van der Waals surface area contributed by atoms with E-state index in [9.17, 15) is 12.8 Å². The van der Waals surface area contributed by atoms with Gasteiger partial charge in [-0.25, -0.2) is 17.5 Å². The molecule has 27 heavy (non-hydrogen) atoms. The molecule has 1 atom stereocenters. The quantitative estimate of drug-likeness (QED) is 0.697. The number of benzene rings is 2. The molecule has 3 aromatic rings. The fraction of sp³-hybridized carbons (Fsp3) is 0.278. The maximum atomic E-state index is 13.3. The third-order valence-electron chi connectivity index (χ3n) is 4.62. The maximum Gasteiger partial charge on any atom is 0.298 e. The highest BCUT2D eigenvalue weighted by molar-refractivity contribution is 7.89. The van der Waals surface area contributed by atoms with Crippen molar-refractivity contribution in [1.29, 1.82) is 0 Å². The lowest BCUT2D eigenvalue weighted by molar-refractivity contribution is 0.533. The minimum Gasteiger partial charge on any atom is -0.423 e. The summed E-state index contributed by atoms with van der Waals surface area (Å²) in [5, 5.41) is -0.230. The SMILES string of the molecule is O=S(=O)(NCC1CCCN1c1nc2ccccc2o1)c1ccc(F)c(Cl)c1. The first kappa shape index (κ1) is 18.2. The van der Waals surface area contributed by atoms with Crippen molar-refractivity contribution in [2.24, 2.45) is 0 Å². The van der Waals surface area contributed by atoms with Crippen molar-refractivity contribution in [3.8, 4) is 0 Å². The Bertz CT molecular complexity index is 1050. The summed E-state index contributed by atoms with van der Waals surface area (Å²) in [4.78, 5) is 6.39. The molecule has 4 rings (SSSR count). The largest absolute Gasteiger partial charge is 0.423 e. The summed E-state index contributed by atoms with van der Waals surface area (Å²) in [6.07, 6.45) is 1.72. The predicted octanol–water partition coefficient (Wildman–Crippen LogP) is 3.57. The summed E-state index contributed by atoms with van der Waals surface area (Å²) in [6.45, 7) is 0.928. The fourth-order valence-electron chi connectivity index (χ4n) is 3.22. The minimum atomic E-state index is -3.80. The van der Waals surface area contributed by atoms with Gasteiger partial charge in [-0.15, -0.1) is 0 Å². The molecule has 1 aromatic heterocycles. The van der Waals surface area contributed by atoms with Crippen LogP contribution >= 0.6 is 11.6 Å². The van der Waals surface area contributed by atoms with Crippen LogP contribution in [0.4, 0.5) is 10.4 Å². The van der Waals surface area contributed by atoms with Crippen molar-refractivity contribution >= 4 is 38.7 Å². The molecule has 0 spiro atoms. The molecule has 0 aliphatic carbocycles. The third kappa shape index (κ3) is 3.65. The molecule has 1 aliphatic rings. The number of hydrogen-bond acceptors (Lipinski definition) is 5. The molecular weight excluding hydrogens is 393 g/mol. The van der Waals surface area contributed by atoms with Gasteiger partial charge < -0.3 is 9.32 Å². The number of rotatable bonds is 5. The first-order chi connectivity index (χ1) is 12.9. The Morgan fingerprint density at radius 3 is 2.89 bits per heavy atom. The van der Waals surface area contributed by atoms with Crippen molar-refractivity contribution in [1.82, 2.24) is 9.71 Å². The normalized spacial score (nSPS) is 17.7. The molecule has 0 amide bonds. The molecule has 1 saturated heterocycles. The summed E-state index contributed by atoms with van der Waals surface area (Å²) in [6, 6.07) is 11.2. The second kappa shape index (κ2) is 7.10. The number of aromatic nitrogens is 1. The topological polar surface area (TPSA) is 75.4 Å². The van der Waals surface area contributed by atoms with Crippen LogP contribution < -0.4 is 9.62 Å². The number of anilines is 1. The van der Waals surface area contributed by atoms with E-state index in [2.05, 4.69) is 9.71 Å². The van der Waals surface area contributed by atoms with E-state index in [1.54, 1.807) is 0 Å². The van der Waals surface area contributed by atoms with Gasteiger partial charge in [-0.2, -0.15) is 4.98 Å². The number of nitrogens with one attached hydrogen (secondary N) is 1. The van der Waals surface area contributed by atoms with Crippen LogP contribution in [0.25, 0.3) is 11.1 Å². The zero-order valence-corrected chi connectivity index (χ0v) is 15.8. The number of fused-ring (bicyclic) bond motifs is 1. The molecule has 1 fully saturated rings. The van der Waals surface area contributed by atoms with Crippen LogP contribution in [0.15, 0.2) is 51.8 Å². The van der Waals surface area contributed by atoms with Gasteiger partial charge in [-0.05, 0) is 43.2 Å². The molecule has 1 N–H and O–H groups in total. The predicted molar refractivity (Wildman–Crippen MR) is 101 cm³/mol. The maximum absolute atomic E-state index is 13.3. The fourth-order valence-corrected chi connectivity index (χ4v) is 4.56. The zero-order chi connectivity index (χ0) is 19.0. The van der Waals surface area contributed by atoms with E-state index in [1.807, 2.05) is 29.2 Å². The number of hydrogen-bond donors (Lipinski definition) is 1. The number of halogens is 2. The molecular formula is C18H17ClFN3O3S. The van der Waals surface area contributed by atoms with Gasteiger partial charge in [0.2, 0.25) is 10.0 Å². The third-order valence-corrected chi connectivity index (χ3v) is 6.33. The molecule has 2 heterocycles. The summed E-state index contributed by atoms with van der Waals surface area (Å²) in [5.41, 5.74) is 1.46. The minimum absolute atomic E-state index is 0.0692. The van der Waals surface area contributed by atoms with Crippen molar-refractivity contribution in [2.75, 3.05) is 18.0 Å². The van der Waals surface area contributed by atoms with Crippen molar-refractivity contribution < 1.29 is 17.2 Å². The van der Waals surface area contributed by atoms with E-state index in [-0.39, 0.29) is 22.5 Å². The first-order valence-corrected chi connectivity index (χ1v) is 10.4. The molecule has 2 aromatic carbocycles. The number of sulfonamides is 1. The van der Waals surface area contributed by atoms with Crippen molar-refractivity contribution in [3.05, 3.63) is 53.3 Å².